The molecule has 0 N–H and O–H groups in total. The summed E-state index contributed by atoms with van der Waals surface area (Å²) in [5.74, 6) is 0.840. The second-order valence-electron chi connectivity index (χ2n) is 12.8. The maximum atomic E-state index is 14.1. The molecule has 1 aromatic heterocycles. The summed E-state index contributed by atoms with van der Waals surface area (Å²) in [6.45, 7) is 0. The third kappa shape index (κ3) is 4.47. The second kappa shape index (κ2) is 11.3. The summed E-state index contributed by atoms with van der Waals surface area (Å²) in [7, 11) is -3.77. The van der Waals surface area contributed by atoms with Crippen LogP contribution in [-0.4, -0.2) is 18.0 Å². The first-order valence-electron chi connectivity index (χ1n) is 16.9. The minimum absolute atomic E-state index is 0.288. The lowest BCUT2D eigenvalue weighted by molar-refractivity contribution is 0.595. The molecule has 242 valence electrons. The Morgan fingerprint density at radius 3 is 1.69 bits per heavy atom. The molecular formula is C45H29N3O2S. The number of sulfone groups is 1. The molecule has 0 spiro atoms. The molecule has 6 heteroatoms. The van der Waals surface area contributed by atoms with Crippen molar-refractivity contribution in [1.29, 1.82) is 0 Å². The Labute approximate surface area is 295 Å². The Hall–Kier alpha value is -6.50. The number of hydrogen-bond acceptors (Lipinski definition) is 4. The molecule has 10 rings (SSSR count). The van der Waals surface area contributed by atoms with Crippen LogP contribution >= 0.6 is 0 Å². The first-order valence-corrected chi connectivity index (χ1v) is 18.4. The molecule has 0 fully saturated rings. The van der Waals surface area contributed by atoms with Crippen molar-refractivity contribution in [2.45, 2.75) is 9.79 Å². The fourth-order valence-corrected chi connectivity index (χ4v) is 9.25. The molecule has 1 aliphatic heterocycles. The monoisotopic (exact) mass is 675 g/mol. The van der Waals surface area contributed by atoms with Gasteiger partial charge in [-0.2, -0.15) is 0 Å². The van der Waals surface area contributed by atoms with Gasteiger partial charge in [-0.15, -0.1) is 0 Å². The largest absolute Gasteiger partial charge is 0.308 e. The number of fused-ring (bicyclic) bond motifs is 8. The van der Waals surface area contributed by atoms with Crippen LogP contribution in [0.4, 0.5) is 17.1 Å². The molecule has 0 saturated heterocycles. The van der Waals surface area contributed by atoms with E-state index < -0.39 is 9.84 Å². The molecule has 8 aromatic carbocycles. The predicted octanol–water partition coefficient (Wildman–Crippen LogP) is 11.3. The fraction of sp³-hybridized carbons (Fsp3) is 0. The SMILES string of the molecule is O=S1(=O)c2ccccc2N(c2ccccc2)c2ccc(-c3ccc(-c4nc5c6ccccc6c6ccccc6c5n4-c4ccccc4)cc3)cc21. The normalized spacial score (nSPS) is 13.4. The van der Waals surface area contributed by atoms with Gasteiger partial charge in [0.15, 0.2) is 0 Å². The van der Waals surface area contributed by atoms with Gasteiger partial charge in [0.2, 0.25) is 9.84 Å². The zero-order valence-electron chi connectivity index (χ0n) is 27.3. The standard InChI is InChI=1S/C45H29N3O2S/c49-51(50)41-22-12-11-21-39(41)47(33-13-3-1-4-14-33)40-28-27-32(29-42(40)51)30-23-25-31(26-24-30)45-46-43-37-19-9-7-17-35(37)36-18-8-10-20-38(36)44(43)48(45)34-15-5-2-6-16-34/h1-29H. The maximum absolute atomic E-state index is 14.1. The minimum Gasteiger partial charge on any atom is -0.308 e. The zero-order valence-corrected chi connectivity index (χ0v) is 28.1. The highest BCUT2D eigenvalue weighted by atomic mass is 32.2. The van der Waals surface area contributed by atoms with Crippen molar-refractivity contribution in [2.75, 3.05) is 4.90 Å². The molecule has 0 radical (unpaired) electrons. The number of rotatable bonds is 4. The van der Waals surface area contributed by atoms with Crippen LogP contribution in [-0.2, 0) is 9.84 Å². The molecular weight excluding hydrogens is 647 g/mol. The van der Waals surface area contributed by atoms with Gasteiger partial charge in [-0.25, -0.2) is 13.4 Å². The average Bonchev–Trinajstić information content (AvgIpc) is 3.60. The number of imidazole rings is 1. The van der Waals surface area contributed by atoms with Gasteiger partial charge in [0.05, 0.1) is 32.2 Å². The van der Waals surface area contributed by atoms with Crippen molar-refractivity contribution in [3.05, 3.63) is 176 Å². The maximum Gasteiger partial charge on any atom is 0.210 e. The highest BCUT2D eigenvalue weighted by Gasteiger charge is 2.35. The first kappa shape index (κ1) is 29.4. The summed E-state index contributed by atoms with van der Waals surface area (Å²) in [5.41, 5.74) is 7.94. The van der Waals surface area contributed by atoms with Crippen LogP contribution in [0.2, 0.25) is 0 Å². The summed E-state index contributed by atoms with van der Waals surface area (Å²) < 4.78 is 30.5. The number of hydrogen-bond donors (Lipinski definition) is 0. The summed E-state index contributed by atoms with van der Waals surface area (Å²) in [4.78, 5) is 7.97. The lowest BCUT2D eigenvalue weighted by Crippen LogP contribution is -2.22. The van der Waals surface area contributed by atoms with E-state index >= 15 is 0 Å². The zero-order chi connectivity index (χ0) is 34.1. The minimum atomic E-state index is -3.77. The summed E-state index contributed by atoms with van der Waals surface area (Å²) in [6, 6.07) is 58.5. The second-order valence-corrected chi connectivity index (χ2v) is 14.7. The van der Waals surface area contributed by atoms with E-state index in [1.165, 1.54) is 10.8 Å². The van der Waals surface area contributed by atoms with Gasteiger partial charge in [0.1, 0.15) is 5.82 Å². The molecule has 0 aliphatic carbocycles. The fourth-order valence-electron chi connectivity index (χ4n) is 7.61. The lowest BCUT2D eigenvalue weighted by Gasteiger charge is -2.33. The Morgan fingerprint density at radius 1 is 0.431 bits per heavy atom. The van der Waals surface area contributed by atoms with Gasteiger partial charge in [-0.1, -0.05) is 127 Å². The van der Waals surface area contributed by atoms with E-state index in [1.807, 2.05) is 71.6 Å². The van der Waals surface area contributed by atoms with Gasteiger partial charge < -0.3 is 4.90 Å². The van der Waals surface area contributed by atoms with Crippen LogP contribution < -0.4 is 4.90 Å². The predicted molar refractivity (Wildman–Crippen MR) is 207 cm³/mol. The summed E-state index contributed by atoms with van der Waals surface area (Å²) in [6.07, 6.45) is 0. The van der Waals surface area contributed by atoms with Crippen LogP contribution in [0.15, 0.2) is 186 Å². The number of para-hydroxylation sites is 3. The van der Waals surface area contributed by atoms with Crippen molar-refractivity contribution in [3.63, 3.8) is 0 Å². The van der Waals surface area contributed by atoms with Crippen molar-refractivity contribution < 1.29 is 8.42 Å². The molecule has 9 aromatic rings. The Morgan fingerprint density at radius 2 is 0.961 bits per heavy atom. The molecule has 0 atom stereocenters. The van der Waals surface area contributed by atoms with Crippen molar-refractivity contribution in [3.8, 4) is 28.2 Å². The third-order valence-electron chi connectivity index (χ3n) is 9.92. The molecule has 5 nitrogen and oxygen atoms in total. The van der Waals surface area contributed by atoms with Crippen molar-refractivity contribution in [1.82, 2.24) is 9.55 Å². The van der Waals surface area contributed by atoms with Gasteiger partial charge in [-0.05, 0) is 70.4 Å². The van der Waals surface area contributed by atoms with E-state index in [2.05, 4.69) is 102 Å². The van der Waals surface area contributed by atoms with E-state index in [0.29, 0.717) is 16.3 Å². The van der Waals surface area contributed by atoms with Crippen LogP contribution in [0.25, 0.3) is 60.8 Å². The van der Waals surface area contributed by atoms with Gasteiger partial charge in [0, 0.05) is 27.7 Å². The van der Waals surface area contributed by atoms with Crippen molar-refractivity contribution in [2.24, 2.45) is 0 Å². The molecule has 51 heavy (non-hydrogen) atoms. The van der Waals surface area contributed by atoms with Crippen LogP contribution in [0.3, 0.4) is 0 Å². The molecule has 0 unspecified atom stereocenters. The van der Waals surface area contributed by atoms with Crippen LogP contribution in [0.1, 0.15) is 0 Å². The van der Waals surface area contributed by atoms with E-state index in [4.69, 9.17) is 4.98 Å². The molecule has 0 saturated carbocycles. The molecule has 2 heterocycles. The lowest BCUT2D eigenvalue weighted by atomic mass is 10.00. The van der Waals surface area contributed by atoms with E-state index in [9.17, 15) is 8.42 Å². The highest BCUT2D eigenvalue weighted by Crippen LogP contribution is 2.49. The average molecular weight is 676 g/mol. The number of aromatic nitrogens is 2. The van der Waals surface area contributed by atoms with Crippen LogP contribution in [0.5, 0.6) is 0 Å². The summed E-state index contributed by atoms with van der Waals surface area (Å²) in [5, 5.41) is 4.62. The number of anilines is 3. The number of benzene rings is 8. The first-order chi connectivity index (χ1) is 25.1. The van der Waals surface area contributed by atoms with Crippen molar-refractivity contribution >= 4 is 59.5 Å². The van der Waals surface area contributed by atoms with E-state index in [1.54, 1.807) is 12.1 Å². The van der Waals surface area contributed by atoms with Gasteiger partial charge >= 0.3 is 0 Å². The Kier molecular flexibility index (Phi) is 6.50. The third-order valence-corrected chi connectivity index (χ3v) is 11.8. The van der Waals surface area contributed by atoms with Crippen LogP contribution in [0, 0.1) is 0 Å². The van der Waals surface area contributed by atoms with E-state index in [0.717, 1.165) is 55.7 Å². The topological polar surface area (TPSA) is 55.2 Å². The quantitative estimate of drug-likeness (QED) is 0.174. The Balaban J connectivity index is 1.14. The smallest absolute Gasteiger partial charge is 0.210 e. The van der Waals surface area contributed by atoms with E-state index in [-0.39, 0.29) is 4.90 Å². The molecule has 1 aliphatic rings. The number of nitrogens with zero attached hydrogens (tertiary/aromatic N) is 3. The van der Waals surface area contributed by atoms with Gasteiger partial charge in [-0.3, -0.25) is 4.57 Å². The Bertz CT molecular complexity index is 2920. The van der Waals surface area contributed by atoms with Gasteiger partial charge in [0.25, 0.3) is 0 Å². The molecule has 0 amide bonds. The highest BCUT2D eigenvalue weighted by molar-refractivity contribution is 7.92. The molecule has 0 bridgehead atoms. The summed E-state index contributed by atoms with van der Waals surface area (Å²) >= 11 is 0.